The van der Waals surface area contributed by atoms with Gasteiger partial charge in [0.15, 0.2) is 0 Å². The van der Waals surface area contributed by atoms with Crippen LogP contribution in [0, 0.1) is 11.3 Å². The molecule has 1 aliphatic carbocycles. The lowest BCUT2D eigenvalue weighted by Gasteiger charge is -2.21. The van der Waals surface area contributed by atoms with Crippen molar-refractivity contribution in [1.82, 2.24) is 5.32 Å². The molecule has 0 aromatic carbocycles. The number of rotatable bonds is 3. The smallest absolute Gasteiger partial charge is 0.312 e. The van der Waals surface area contributed by atoms with Crippen LogP contribution in [-0.2, 0) is 14.3 Å². The van der Waals surface area contributed by atoms with Crippen molar-refractivity contribution in [2.45, 2.75) is 40.2 Å². The Bertz CT molecular complexity index is 328. The second-order valence-electron chi connectivity index (χ2n) is 5.31. The van der Waals surface area contributed by atoms with Crippen molar-refractivity contribution < 1.29 is 14.3 Å². The van der Waals surface area contributed by atoms with Crippen molar-refractivity contribution >= 4 is 11.9 Å². The van der Waals surface area contributed by atoms with Crippen molar-refractivity contribution in [2.24, 2.45) is 11.3 Å². The van der Waals surface area contributed by atoms with Crippen LogP contribution in [0.4, 0.5) is 0 Å². The number of hydrogen-bond acceptors (Lipinski definition) is 3. The highest BCUT2D eigenvalue weighted by atomic mass is 16.5. The largest absolute Gasteiger partial charge is 0.466 e. The predicted octanol–water partition coefficient (Wildman–Crippen LogP) is 1.66. The lowest BCUT2D eigenvalue weighted by molar-refractivity contribution is -0.146. The molecule has 1 rings (SSSR count). The number of ether oxygens (including phenoxy) is 1. The Balaban J connectivity index is 2.45. The molecule has 0 bridgehead atoms. The fourth-order valence-electron chi connectivity index (χ4n) is 1.61. The molecule has 0 saturated heterocycles. The van der Waals surface area contributed by atoms with Crippen LogP contribution in [0.1, 0.15) is 34.1 Å². The monoisotopic (exact) mass is 239 g/mol. The molecule has 1 amide bonds. The minimum atomic E-state index is -0.407. The van der Waals surface area contributed by atoms with Gasteiger partial charge in [-0.2, -0.15) is 0 Å². The first kappa shape index (κ1) is 13.7. The predicted molar refractivity (Wildman–Crippen MR) is 65.3 cm³/mol. The first-order chi connectivity index (χ1) is 7.84. The molecule has 0 aliphatic heterocycles. The third kappa shape index (κ3) is 3.88. The van der Waals surface area contributed by atoms with E-state index in [9.17, 15) is 9.59 Å². The molecule has 17 heavy (non-hydrogen) atoms. The normalized spacial score (nSPS) is 23.5. The zero-order valence-corrected chi connectivity index (χ0v) is 10.9. The number of hydrogen-bond donors (Lipinski definition) is 1. The third-order valence-electron chi connectivity index (χ3n) is 2.67. The fourth-order valence-corrected chi connectivity index (χ4v) is 1.61. The minimum Gasteiger partial charge on any atom is -0.466 e. The molecule has 1 N–H and O–H groups in total. The maximum atomic E-state index is 11.8. The van der Waals surface area contributed by atoms with Gasteiger partial charge in [-0.25, -0.2) is 0 Å². The van der Waals surface area contributed by atoms with E-state index in [4.69, 9.17) is 4.74 Å². The highest BCUT2D eigenvalue weighted by Crippen LogP contribution is 2.21. The molecular formula is C13H21NO3. The van der Waals surface area contributed by atoms with Crippen LogP contribution in [0.15, 0.2) is 12.2 Å². The summed E-state index contributed by atoms with van der Waals surface area (Å²) in [4.78, 5) is 23.2. The summed E-state index contributed by atoms with van der Waals surface area (Å²) >= 11 is 0. The average Bonchev–Trinajstić information content (AvgIpc) is 2.65. The van der Waals surface area contributed by atoms with Crippen LogP contribution in [0.5, 0.6) is 0 Å². The van der Waals surface area contributed by atoms with E-state index in [1.165, 1.54) is 0 Å². The van der Waals surface area contributed by atoms with Crippen molar-refractivity contribution in [1.29, 1.82) is 0 Å². The number of esters is 1. The Morgan fingerprint density at radius 1 is 1.35 bits per heavy atom. The number of carbonyl (C=O) groups is 2. The van der Waals surface area contributed by atoms with Crippen LogP contribution in [0.2, 0.25) is 0 Å². The molecule has 0 unspecified atom stereocenters. The van der Waals surface area contributed by atoms with E-state index >= 15 is 0 Å². The van der Waals surface area contributed by atoms with E-state index in [1.54, 1.807) is 6.92 Å². The summed E-state index contributed by atoms with van der Waals surface area (Å²) in [6.45, 7) is 7.77. The fraction of sp³-hybridized carbons (Fsp3) is 0.692. The van der Waals surface area contributed by atoms with Gasteiger partial charge in [0.2, 0.25) is 5.91 Å². The lowest BCUT2D eigenvalue weighted by atomic mass is 9.95. The summed E-state index contributed by atoms with van der Waals surface area (Å²) < 4.78 is 4.94. The Morgan fingerprint density at radius 3 is 2.53 bits per heavy atom. The van der Waals surface area contributed by atoms with Gasteiger partial charge in [0.25, 0.3) is 0 Å². The van der Waals surface area contributed by atoms with Gasteiger partial charge < -0.3 is 10.1 Å². The average molecular weight is 239 g/mol. The van der Waals surface area contributed by atoms with Gasteiger partial charge in [0.05, 0.1) is 12.5 Å². The second-order valence-corrected chi connectivity index (χ2v) is 5.31. The topological polar surface area (TPSA) is 55.4 Å². The number of nitrogens with one attached hydrogen (secondary N) is 1. The maximum absolute atomic E-state index is 11.8. The number of amides is 1. The molecule has 0 saturated carbocycles. The summed E-state index contributed by atoms with van der Waals surface area (Å²) in [5.41, 5.74) is -0.407. The zero-order valence-electron chi connectivity index (χ0n) is 10.9. The van der Waals surface area contributed by atoms with Gasteiger partial charge in [-0.15, -0.1) is 0 Å². The summed E-state index contributed by atoms with van der Waals surface area (Å²) in [5, 5.41) is 2.91. The second kappa shape index (κ2) is 5.34. The minimum absolute atomic E-state index is 0.00309. The van der Waals surface area contributed by atoms with E-state index < -0.39 is 5.41 Å². The van der Waals surface area contributed by atoms with Gasteiger partial charge in [0, 0.05) is 11.5 Å². The van der Waals surface area contributed by atoms with Crippen LogP contribution >= 0.6 is 0 Å². The standard InChI is InChI=1S/C13H21NO3/c1-5-17-11(15)9-6-7-10(8-9)14-12(16)13(2,3)4/h6-7,9-10H,5,8H2,1-4H3,(H,14,16)/t9-,10+/m0/s1. The van der Waals surface area contributed by atoms with Crippen molar-refractivity contribution in [3.8, 4) is 0 Å². The van der Waals surface area contributed by atoms with E-state index in [1.807, 2.05) is 32.9 Å². The summed E-state index contributed by atoms with van der Waals surface area (Å²) in [6.07, 6.45) is 4.28. The molecule has 0 spiro atoms. The molecule has 0 aromatic heterocycles. The summed E-state index contributed by atoms with van der Waals surface area (Å²) in [6, 6.07) is -0.0591. The highest BCUT2D eigenvalue weighted by molar-refractivity contribution is 5.82. The summed E-state index contributed by atoms with van der Waals surface area (Å²) in [7, 11) is 0. The zero-order chi connectivity index (χ0) is 13.1. The van der Waals surface area contributed by atoms with E-state index in [-0.39, 0.29) is 23.8 Å². The quantitative estimate of drug-likeness (QED) is 0.602. The van der Waals surface area contributed by atoms with Gasteiger partial charge in [-0.3, -0.25) is 9.59 Å². The molecule has 1 aliphatic rings. The van der Waals surface area contributed by atoms with Crippen molar-refractivity contribution in [3.63, 3.8) is 0 Å². The molecule has 0 heterocycles. The molecule has 4 nitrogen and oxygen atoms in total. The molecule has 4 heteroatoms. The first-order valence-electron chi connectivity index (χ1n) is 6.00. The van der Waals surface area contributed by atoms with Crippen LogP contribution in [0.25, 0.3) is 0 Å². The third-order valence-corrected chi connectivity index (χ3v) is 2.67. The Morgan fingerprint density at radius 2 is 2.00 bits per heavy atom. The first-order valence-corrected chi connectivity index (χ1v) is 6.00. The summed E-state index contributed by atoms with van der Waals surface area (Å²) in [5.74, 6) is -0.437. The molecule has 0 radical (unpaired) electrons. The molecule has 0 aromatic rings. The maximum Gasteiger partial charge on any atom is 0.312 e. The number of carbonyl (C=O) groups excluding carboxylic acids is 2. The molecular weight excluding hydrogens is 218 g/mol. The van der Waals surface area contributed by atoms with Gasteiger partial charge >= 0.3 is 5.97 Å². The SMILES string of the molecule is CCOC(=O)[C@H]1C=C[C@@H](NC(=O)C(C)(C)C)C1. The Hall–Kier alpha value is -1.32. The van der Waals surface area contributed by atoms with Gasteiger partial charge in [-0.1, -0.05) is 32.9 Å². The van der Waals surface area contributed by atoms with E-state index in [2.05, 4.69) is 5.32 Å². The van der Waals surface area contributed by atoms with Crippen molar-refractivity contribution in [2.75, 3.05) is 6.61 Å². The van der Waals surface area contributed by atoms with E-state index in [0.29, 0.717) is 13.0 Å². The van der Waals surface area contributed by atoms with E-state index in [0.717, 1.165) is 0 Å². The van der Waals surface area contributed by atoms with Gasteiger partial charge in [-0.05, 0) is 13.3 Å². The van der Waals surface area contributed by atoms with Crippen LogP contribution in [0.3, 0.4) is 0 Å². The Labute approximate surface area is 102 Å². The lowest BCUT2D eigenvalue weighted by Crippen LogP contribution is -2.40. The highest BCUT2D eigenvalue weighted by Gasteiger charge is 2.29. The molecule has 2 atom stereocenters. The van der Waals surface area contributed by atoms with Crippen LogP contribution in [-0.4, -0.2) is 24.5 Å². The van der Waals surface area contributed by atoms with Crippen LogP contribution < -0.4 is 5.32 Å². The molecule has 0 fully saturated rings. The Kier molecular flexibility index (Phi) is 4.32. The molecule has 96 valence electrons. The van der Waals surface area contributed by atoms with Crippen molar-refractivity contribution in [3.05, 3.63) is 12.2 Å². The van der Waals surface area contributed by atoms with Gasteiger partial charge in [0.1, 0.15) is 0 Å².